The van der Waals surface area contributed by atoms with Gasteiger partial charge in [0.1, 0.15) is 0 Å². The van der Waals surface area contributed by atoms with Crippen molar-refractivity contribution in [2.24, 2.45) is 0 Å². The van der Waals surface area contributed by atoms with Crippen molar-refractivity contribution in [1.82, 2.24) is 4.98 Å². The maximum Gasteiger partial charge on any atom is 0.257 e. The fraction of sp³-hybridized carbons (Fsp3) is 0. The van der Waals surface area contributed by atoms with Crippen molar-refractivity contribution in [2.75, 3.05) is 10.6 Å². The average Bonchev–Trinajstić information content (AvgIpc) is 3.09. The molecule has 0 saturated heterocycles. The van der Waals surface area contributed by atoms with E-state index in [1.165, 1.54) is 11.3 Å². The van der Waals surface area contributed by atoms with Gasteiger partial charge in [-0.25, -0.2) is 4.98 Å². The lowest BCUT2D eigenvalue weighted by Crippen LogP contribution is -2.11. The van der Waals surface area contributed by atoms with Gasteiger partial charge >= 0.3 is 0 Å². The van der Waals surface area contributed by atoms with Crippen molar-refractivity contribution >= 4 is 67.4 Å². The molecule has 0 aliphatic heterocycles. The number of carbonyl (C=O) groups is 2. The first kappa shape index (κ1) is 19.4. The molecule has 144 valence electrons. The molecule has 0 aliphatic rings. The minimum atomic E-state index is -0.291. The summed E-state index contributed by atoms with van der Waals surface area (Å²) in [5.74, 6) is -0.549. The highest BCUT2D eigenvalue weighted by atomic mass is 35.5. The summed E-state index contributed by atoms with van der Waals surface area (Å²) in [5, 5.41) is 7.06. The van der Waals surface area contributed by atoms with E-state index >= 15 is 0 Å². The highest BCUT2D eigenvalue weighted by Crippen LogP contribution is 2.29. The molecule has 0 radical (unpaired) electrons. The van der Waals surface area contributed by atoms with E-state index in [-0.39, 0.29) is 11.8 Å². The molecule has 3 aromatic carbocycles. The first-order valence-corrected chi connectivity index (χ1v) is 10.1. The van der Waals surface area contributed by atoms with Crippen LogP contribution in [0, 0.1) is 0 Å². The van der Waals surface area contributed by atoms with Gasteiger partial charge in [0.25, 0.3) is 11.8 Å². The van der Waals surface area contributed by atoms with Gasteiger partial charge in [0, 0.05) is 26.9 Å². The van der Waals surface area contributed by atoms with Crippen LogP contribution in [0.3, 0.4) is 0 Å². The topological polar surface area (TPSA) is 71.1 Å². The van der Waals surface area contributed by atoms with Gasteiger partial charge in [0.2, 0.25) is 0 Å². The third kappa shape index (κ3) is 4.56. The van der Waals surface area contributed by atoms with Gasteiger partial charge in [-0.15, -0.1) is 0 Å². The van der Waals surface area contributed by atoms with E-state index in [1.54, 1.807) is 60.7 Å². The number of nitrogens with zero attached hydrogens (tertiary/aromatic N) is 1. The normalized spacial score (nSPS) is 10.7. The number of fused-ring (bicyclic) bond motifs is 1. The fourth-order valence-corrected chi connectivity index (χ4v) is 3.97. The van der Waals surface area contributed by atoms with Gasteiger partial charge in [-0.3, -0.25) is 14.9 Å². The smallest absolute Gasteiger partial charge is 0.257 e. The molecule has 29 heavy (non-hydrogen) atoms. The van der Waals surface area contributed by atoms with Gasteiger partial charge in [-0.1, -0.05) is 46.7 Å². The second-order valence-electron chi connectivity index (χ2n) is 6.13. The third-order valence-corrected chi connectivity index (χ3v) is 5.44. The zero-order valence-electron chi connectivity index (χ0n) is 14.8. The number of amides is 2. The summed E-state index contributed by atoms with van der Waals surface area (Å²) in [6.07, 6.45) is 0. The molecule has 5 nitrogen and oxygen atoms in total. The van der Waals surface area contributed by atoms with Crippen LogP contribution >= 0.6 is 34.5 Å². The number of aromatic nitrogens is 1. The van der Waals surface area contributed by atoms with Crippen LogP contribution < -0.4 is 10.6 Å². The summed E-state index contributed by atoms with van der Waals surface area (Å²) >= 11 is 13.2. The standard InChI is InChI=1S/C21H13Cl2N3O2S/c22-14-5-1-3-12(9-14)19(27)24-16-7-8-17-18(11-16)29-21(25-17)26-20(28)13-4-2-6-15(23)10-13/h1-11H,(H,24,27)(H,25,26,28). The number of anilines is 2. The number of carbonyl (C=O) groups excluding carboxylic acids is 2. The Labute approximate surface area is 180 Å². The minimum absolute atomic E-state index is 0.258. The lowest BCUT2D eigenvalue weighted by molar-refractivity contribution is 0.101. The van der Waals surface area contributed by atoms with E-state index in [9.17, 15) is 9.59 Å². The van der Waals surface area contributed by atoms with Crippen molar-refractivity contribution in [3.63, 3.8) is 0 Å². The number of thiazole rings is 1. The maximum atomic E-state index is 12.4. The lowest BCUT2D eigenvalue weighted by Gasteiger charge is -2.05. The molecular weight excluding hydrogens is 429 g/mol. The Balaban J connectivity index is 1.51. The Hall–Kier alpha value is -2.93. The number of hydrogen-bond acceptors (Lipinski definition) is 4. The molecule has 4 aromatic rings. The van der Waals surface area contributed by atoms with Crippen LogP contribution in [0.25, 0.3) is 10.2 Å². The predicted molar refractivity (Wildman–Crippen MR) is 118 cm³/mol. The monoisotopic (exact) mass is 441 g/mol. The van der Waals surface area contributed by atoms with Crippen LogP contribution in [0.2, 0.25) is 10.0 Å². The number of benzene rings is 3. The quantitative estimate of drug-likeness (QED) is 0.401. The van der Waals surface area contributed by atoms with Crippen LogP contribution in [0.15, 0.2) is 66.7 Å². The SMILES string of the molecule is O=C(Nc1ccc2nc(NC(=O)c3cccc(Cl)c3)sc2c1)c1cccc(Cl)c1. The molecule has 0 unspecified atom stereocenters. The van der Waals surface area contributed by atoms with Gasteiger partial charge < -0.3 is 5.32 Å². The zero-order chi connectivity index (χ0) is 20.4. The number of hydrogen-bond donors (Lipinski definition) is 2. The van der Waals surface area contributed by atoms with Crippen molar-refractivity contribution in [3.05, 3.63) is 87.9 Å². The van der Waals surface area contributed by atoms with Gasteiger partial charge in [0.05, 0.1) is 10.2 Å². The van der Waals surface area contributed by atoms with E-state index in [0.29, 0.717) is 32.0 Å². The first-order chi connectivity index (χ1) is 14.0. The van der Waals surface area contributed by atoms with Crippen molar-refractivity contribution < 1.29 is 9.59 Å². The molecule has 2 amide bonds. The fourth-order valence-electron chi connectivity index (χ4n) is 2.69. The van der Waals surface area contributed by atoms with Crippen LogP contribution in [-0.2, 0) is 0 Å². The molecular formula is C21H13Cl2N3O2S. The summed E-state index contributed by atoms with van der Waals surface area (Å²) in [4.78, 5) is 29.2. The Kier molecular flexibility index (Phi) is 5.49. The van der Waals surface area contributed by atoms with E-state index in [2.05, 4.69) is 15.6 Å². The number of nitrogens with one attached hydrogen (secondary N) is 2. The third-order valence-electron chi connectivity index (χ3n) is 4.04. The summed E-state index contributed by atoms with van der Waals surface area (Å²) in [6.45, 7) is 0. The molecule has 0 atom stereocenters. The van der Waals surface area contributed by atoms with Crippen LogP contribution in [-0.4, -0.2) is 16.8 Å². The maximum absolute atomic E-state index is 12.4. The summed E-state index contributed by atoms with van der Waals surface area (Å²) < 4.78 is 0.829. The van der Waals surface area contributed by atoms with E-state index in [4.69, 9.17) is 23.2 Å². The van der Waals surface area contributed by atoms with Gasteiger partial charge in [-0.2, -0.15) is 0 Å². The van der Waals surface area contributed by atoms with E-state index in [1.807, 2.05) is 6.07 Å². The first-order valence-electron chi connectivity index (χ1n) is 8.52. The van der Waals surface area contributed by atoms with Crippen LogP contribution in [0.5, 0.6) is 0 Å². The Morgan fingerprint density at radius 1 is 0.793 bits per heavy atom. The Bertz CT molecular complexity index is 1180. The zero-order valence-corrected chi connectivity index (χ0v) is 17.1. The predicted octanol–water partition coefficient (Wildman–Crippen LogP) is 6.11. The van der Waals surface area contributed by atoms with Crippen molar-refractivity contribution in [3.8, 4) is 0 Å². The largest absolute Gasteiger partial charge is 0.322 e. The second-order valence-corrected chi connectivity index (χ2v) is 8.03. The second kappa shape index (κ2) is 8.21. The Morgan fingerprint density at radius 3 is 2.03 bits per heavy atom. The van der Waals surface area contributed by atoms with E-state index in [0.717, 1.165) is 10.2 Å². The molecule has 0 saturated carbocycles. The molecule has 1 heterocycles. The molecule has 0 aliphatic carbocycles. The summed E-state index contributed by atoms with van der Waals surface area (Å²) in [5.41, 5.74) is 2.26. The summed E-state index contributed by atoms with van der Waals surface area (Å²) in [7, 11) is 0. The molecule has 8 heteroatoms. The van der Waals surface area contributed by atoms with Crippen molar-refractivity contribution in [2.45, 2.75) is 0 Å². The molecule has 0 fully saturated rings. The molecule has 0 bridgehead atoms. The molecule has 0 spiro atoms. The highest BCUT2D eigenvalue weighted by Gasteiger charge is 2.12. The van der Waals surface area contributed by atoms with Crippen LogP contribution in [0.4, 0.5) is 10.8 Å². The molecule has 4 rings (SSSR count). The molecule has 1 aromatic heterocycles. The number of rotatable bonds is 4. The van der Waals surface area contributed by atoms with Gasteiger partial charge in [-0.05, 0) is 54.6 Å². The lowest BCUT2D eigenvalue weighted by atomic mass is 10.2. The Morgan fingerprint density at radius 2 is 1.41 bits per heavy atom. The average molecular weight is 442 g/mol. The number of halogens is 2. The van der Waals surface area contributed by atoms with Crippen molar-refractivity contribution in [1.29, 1.82) is 0 Å². The van der Waals surface area contributed by atoms with E-state index < -0.39 is 0 Å². The molecule has 2 N–H and O–H groups in total. The van der Waals surface area contributed by atoms with Gasteiger partial charge in [0.15, 0.2) is 5.13 Å². The van der Waals surface area contributed by atoms with Crippen LogP contribution in [0.1, 0.15) is 20.7 Å². The minimum Gasteiger partial charge on any atom is -0.322 e. The summed E-state index contributed by atoms with van der Waals surface area (Å²) in [6, 6.07) is 18.8. The highest BCUT2D eigenvalue weighted by molar-refractivity contribution is 7.22.